The molecule has 1 saturated heterocycles. The molecule has 2 aromatic carbocycles. The van der Waals surface area contributed by atoms with Crippen molar-refractivity contribution in [3.05, 3.63) is 47.0 Å². The molecule has 14 heteroatoms. The van der Waals surface area contributed by atoms with Gasteiger partial charge in [-0.15, -0.1) is 11.8 Å². The summed E-state index contributed by atoms with van der Waals surface area (Å²) in [5.74, 6) is -0.475. The van der Waals surface area contributed by atoms with Crippen LogP contribution in [0.15, 0.2) is 41.3 Å². The van der Waals surface area contributed by atoms with Gasteiger partial charge in [0.2, 0.25) is 10.0 Å². The third-order valence-corrected chi connectivity index (χ3v) is 8.50. The number of halogens is 4. The fraction of sp³-hybridized carbons (Fsp3) is 0.440. The smallest absolute Gasteiger partial charge is 0.417 e. The number of rotatable bonds is 8. The highest BCUT2D eigenvalue weighted by atomic mass is 35.5. The van der Waals surface area contributed by atoms with E-state index in [1.54, 1.807) is 33.2 Å². The number of alkyl halides is 3. The molecular weight excluding hydrogens is 577 g/mol. The van der Waals surface area contributed by atoms with Crippen LogP contribution in [0.5, 0.6) is 0 Å². The van der Waals surface area contributed by atoms with E-state index in [-0.39, 0.29) is 39.2 Å². The maximum Gasteiger partial charge on any atom is 0.417 e. The third-order valence-electron chi connectivity index (χ3n) is 5.77. The van der Waals surface area contributed by atoms with Crippen LogP contribution in [0.25, 0.3) is 11.1 Å². The van der Waals surface area contributed by atoms with Crippen molar-refractivity contribution < 1.29 is 31.1 Å². The minimum Gasteiger partial charge on any atom is -0.459 e. The number of carbonyl (C=O) groups excluding carboxylic acids is 1. The Morgan fingerprint density at radius 1 is 1.26 bits per heavy atom. The number of esters is 1. The lowest BCUT2D eigenvalue weighted by atomic mass is 9.98. The molecule has 0 spiro atoms. The van der Waals surface area contributed by atoms with Crippen molar-refractivity contribution in [1.82, 2.24) is 9.73 Å². The van der Waals surface area contributed by atoms with E-state index in [1.807, 2.05) is 0 Å². The van der Waals surface area contributed by atoms with Crippen LogP contribution in [0.1, 0.15) is 39.2 Å². The van der Waals surface area contributed by atoms with Gasteiger partial charge < -0.3 is 4.74 Å². The number of nitrogens with zero attached hydrogens (tertiary/aromatic N) is 3. The summed E-state index contributed by atoms with van der Waals surface area (Å²) < 4.78 is 75.6. The van der Waals surface area contributed by atoms with Crippen LogP contribution in [0.2, 0.25) is 5.02 Å². The van der Waals surface area contributed by atoms with Gasteiger partial charge >= 0.3 is 12.1 Å². The first-order valence-corrected chi connectivity index (χ1v) is 15.0. The molecule has 212 valence electrons. The number of hydrazine groups is 1. The molecule has 1 heterocycles. The van der Waals surface area contributed by atoms with Crippen LogP contribution in [-0.2, 0) is 25.7 Å². The van der Waals surface area contributed by atoms with Gasteiger partial charge in [-0.3, -0.25) is 9.80 Å². The minimum atomic E-state index is -4.80. The molecule has 39 heavy (non-hydrogen) atoms. The predicted octanol–water partition coefficient (Wildman–Crippen LogP) is 5.63. The summed E-state index contributed by atoms with van der Waals surface area (Å²) in [7, 11) is -4.14. The Bertz CT molecular complexity index is 1360. The second kappa shape index (κ2) is 11.8. The average Bonchev–Trinajstić information content (AvgIpc) is 3.33. The van der Waals surface area contributed by atoms with Crippen molar-refractivity contribution in [2.24, 2.45) is 0 Å². The van der Waals surface area contributed by atoms with Gasteiger partial charge in [-0.2, -0.15) is 22.7 Å². The molecule has 1 fully saturated rings. The van der Waals surface area contributed by atoms with Gasteiger partial charge in [-0.25, -0.2) is 13.8 Å². The molecule has 1 aliphatic rings. The molecule has 1 atom stereocenters. The second-order valence-corrected chi connectivity index (χ2v) is 12.9. The number of thioether (sulfide) groups is 1. The van der Waals surface area contributed by atoms with E-state index in [0.717, 1.165) is 10.4 Å². The van der Waals surface area contributed by atoms with E-state index in [0.29, 0.717) is 12.8 Å². The lowest BCUT2D eigenvalue weighted by Crippen LogP contribution is -2.43. The maximum atomic E-state index is 14.1. The summed E-state index contributed by atoms with van der Waals surface area (Å²) in [6.07, 6.45) is -0.620. The topological polar surface area (TPSA) is 103 Å². The number of nitriles is 1. The normalized spacial score (nSPS) is 16.5. The van der Waals surface area contributed by atoms with Crippen LogP contribution >= 0.6 is 23.4 Å². The van der Waals surface area contributed by atoms with E-state index in [1.165, 1.54) is 47.1 Å². The molecule has 1 N–H and O–H groups in total. The molecule has 0 aliphatic carbocycles. The Hall–Kier alpha value is -2.66. The number of hydrogen-bond donors (Lipinski definition) is 1. The Balaban J connectivity index is 2.00. The fourth-order valence-corrected chi connectivity index (χ4v) is 6.63. The number of carbonyl (C=O) groups is 1. The van der Waals surface area contributed by atoms with Gasteiger partial charge in [0.25, 0.3) is 0 Å². The van der Waals surface area contributed by atoms with Crippen LogP contribution < -0.4 is 10.4 Å². The number of nitrogens with one attached hydrogen (secondary N) is 1. The molecule has 0 radical (unpaired) electrons. The summed E-state index contributed by atoms with van der Waals surface area (Å²) in [6.45, 7) is 5.17. The molecule has 0 aromatic heterocycles. The van der Waals surface area contributed by atoms with Crippen molar-refractivity contribution in [1.29, 1.82) is 5.26 Å². The molecular formula is C25H28ClF3N4O4S2. The number of sulfonamides is 1. The summed E-state index contributed by atoms with van der Waals surface area (Å²) in [5.41, 5.74) is 0.245. The monoisotopic (exact) mass is 604 g/mol. The minimum absolute atomic E-state index is 0.0355. The SMILES string of the molecule is CSCN(NC#N)c1cc(Cl)c(-c2ccc(S(=O)(=O)N3CCC[C@H]3C(=O)OC(C)(C)C)cc2)c(C(F)(F)F)c1. The van der Waals surface area contributed by atoms with Gasteiger partial charge in [0.15, 0.2) is 6.19 Å². The predicted molar refractivity (Wildman–Crippen MR) is 144 cm³/mol. The van der Waals surface area contributed by atoms with Crippen LogP contribution in [0.4, 0.5) is 18.9 Å². The van der Waals surface area contributed by atoms with Crippen molar-refractivity contribution >= 4 is 45.0 Å². The quantitative estimate of drug-likeness (QED) is 0.136. The van der Waals surface area contributed by atoms with E-state index in [9.17, 15) is 26.4 Å². The number of hydrogen-bond acceptors (Lipinski definition) is 8. The Labute approximate surface area is 235 Å². The summed E-state index contributed by atoms with van der Waals surface area (Å²) in [6, 6.07) is 6.06. The molecule has 8 nitrogen and oxygen atoms in total. The van der Waals surface area contributed by atoms with E-state index in [2.05, 4.69) is 5.43 Å². The molecule has 0 bridgehead atoms. The van der Waals surface area contributed by atoms with Crippen molar-refractivity contribution in [2.75, 3.05) is 23.7 Å². The van der Waals surface area contributed by atoms with Crippen molar-refractivity contribution in [3.8, 4) is 17.3 Å². The van der Waals surface area contributed by atoms with Crippen molar-refractivity contribution in [3.63, 3.8) is 0 Å². The average molecular weight is 605 g/mol. The lowest BCUT2D eigenvalue weighted by Gasteiger charge is -2.27. The highest BCUT2D eigenvalue weighted by Gasteiger charge is 2.42. The van der Waals surface area contributed by atoms with Gasteiger partial charge in [-0.1, -0.05) is 23.7 Å². The zero-order chi connectivity index (χ0) is 29.2. The van der Waals surface area contributed by atoms with Gasteiger partial charge in [0.1, 0.15) is 11.6 Å². The van der Waals surface area contributed by atoms with Gasteiger partial charge in [-0.05, 0) is 69.7 Å². The van der Waals surface area contributed by atoms with Gasteiger partial charge in [0.05, 0.1) is 27.0 Å². The molecule has 0 amide bonds. The number of benzene rings is 2. The first kappa shape index (κ1) is 30.9. The van der Waals surface area contributed by atoms with Crippen LogP contribution in [0, 0.1) is 11.5 Å². The van der Waals surface area contributed by atoms with Crippen LogP contribution in [-0.4, -0.2) is 49.0 Å². The first-order valence-electron chi connectivity index (χ1n) is 11.8. The largest absolute Gasteiger partial charge is 0.459 e. The Morgan fingerprint density at radius 2 is 1.90 bits per heavy atom. The summed E-state index contributed by atoms with van der Waals surface area (Å²) in [5, 5.41) is 9.97. The van der Waals surface area contributed by atoms with Crippen LogP contribution in [0.3, 0.4) is 0 Å². The summed E-state index contributed by atoms with van der Waals surface area (Å²) >= 11 is 7.62. The van der Waals surface area contributed by atoms with Gasteiger partial charge in [0, 0.05) is 12.1 Å². The third kappa shape index (κ3) is 7.11. The second-order valence-electron chi connectivity index (χ2n) is 9.75. The van der Waals surface area contributed by atoms with Crippen molar-refractivity contribution in [2.45, 2.75) is 56.3 Å². The lowest BCUT2D eigenvalue weighted by molar-refractivity contribution is -0.158. The fourth-order valence-electron chi connectivity index (χ4n) is 4.19. The highest BCUT2D eigenvalue weighted by Crippen LogP contribution is 2.44. The molecule has 0 saturated carbocycles. The standard InChI is InChI=1S/C25H28ClF3N4O4S2/c1-24(2,3)37-23(34)21-6-5-11-33(21)39(35,36)18-9-7-16(8-10-18)22-19(25(27,28)29)12-17(13-20(22)26)32(15-38-4)31-14-30/h7-10,12-13,21,31H,5-6,11,15H2,1-4H3/t21-/m0/s1. The zero-order valence-corrected chi connectivity index (χ0v) is 24.1. The Kier molecular flexibility index (Phi) is 9.37. The molecule has 2 aromatic rings. The number of anilines is 1. The highest BCUT2D eigenvalue weighted by molar-refractivity contribution is 7.98. The summed E-state index contributed by atoms with van der Waals surface area (Å²) in [4.78, 5) is 12.5. The van der Waals surface area contributed by atoms with E-state index < -0.39 is 39.4 Å². The maximum absolute atomic E-state index is 14.1. The number of ether oxygens (including phenoxy) is 1. The Morgan fingerprint density at radius 3 is 2.44 bits per heavy atom. The van der Waals surface area contributed by atoms with E-state index >= 15 is 0 Å². The first-order chi connectivity index (χ1) is 18.1. The van der Waals surface area contributed by atoms with E-state index in [4.69, 9.17) is 21.6 Å². The molecule has 1 aliphatic heterocycles. The molecule has 0 unspecified atom stereocenters. The molecule has 3 rings (SSSR count). The zero-order valence-electron chi connectivity index (χ0n) is 21.7.